The van der Waals surface area contributed by atoms with Crippen molar-refractivity contribution < 1.29 is 19.4 Å². The number of carbonyl (C=O) groups is 2. The largest absolute Gasteiger partial charge is 0.482 e. The molecule has 1 heterocycles. The highest BCUT2D eigenvalue weighted by Crippen LogP contribution is 2.59. The van der Waals surface area contributed by atoms with Gasteiger partial charge in [0.25, 0.3) is 0 Å². The molecule has 2 fully saturated rings. The molecule has 2 aromatic carbocycles. The first-order valence-corrected chi connectivity index (χ1v) is 11.2. The van der Waals surface area contributed by atoms with E-state index in [0.717, 1.165) is 24.0 Å². The summed E-state index contributed by atoms with van der Waals surface area (Å²) in [6.45, 7) is 3.72. The van der Waals surface area contributed by atoms with Crippen molar-refractivity contribution in [2.75, 3.05) is 6.61 Å². The highest BCUT2D eigenvalue weighted by Gasteiger charge is 2.57. The monoisotopic (exact) mass is 461 g/mol. The molecule has 0 spiro atoms. The molecule has 1 aliphatic heterocycles. The number of halogens is 2. The molecule has 7 heteroatoms. The number of rotatable bonds is 5. The summed E-state index contributed by atoms with van der Waals surface area (Å²) in [5.74, 6) is -0.207. The van der Waals surface area contributed by atoms with Gasteiger partial charge < -0.3 is 15.2 Å². The van der Waals surface area contributed by atoms with E-state index in [1.807, 2.05) is 30.3 Å². The minimum atomic E-state index is -1.04. The fraction of sp³-hybridized carbons (Fsp3) is 0.417. The predicted octanol–water partition coefficient (Wildman–Crippen LogP) is 5.26. The third-order valence-corrected chi connectivity index (χ3v) is 7.51. The summed E-state index contributed by atoms with van der Waals surface area (Å²) in [5.41, 5.74) is 1.69. The summed E-state index contributed by atoms with van der Waals surface area (Å²) in [7, 11) is 0. The number of amides is 1. The summed E-state index contributed by atoms with van der Waals surface area (Å²) in [4.78, 5) is 23.6. The lowest BCUT2D eigenvalue weighted by Gasteiger charge is -2.46. The van der Waals surface area contributed by atoms with Crippen LogP contribution in [0.5, 0.6) is 5.75 Å². The zero-order valence-corrected chi connectivity index (χ0v) is 18.9. The zero-order chi connectivity index (χ0) is 22.3. The van der Waals surface area contributed by atoms with E-state index in [9.17, 15) is 9.59 Å². The van der Waals surface area contributed by atoms with Crippen molar-refractivity contribution in [3.05, 3.63) is 63.6 Å². The Kier molecular flexibility index (Phi) is 5.93. The lowest BCUT2D eigenvalue weighted by atomic mass is 9.56. The van der Waals surface area contributed by atoms with Crippen LogP contribution in [0.15, 0.2) is 42.5 Å². The summed E-state index contributed by atoms with van der Waals surface area (Å²) >= 11 is 12.8. The molecule has 1 aliphatic carbocycles. The lowest BCUT2D eigenvalue weighted by molar-refractivity contribution is -0.139. The average molecular weight is 462 g/mol. The fourth-order valence-corrected chi connectivity index (χ4v) is 5.99. The molecule has 5 nitrogen and oxygen atoms in total. The van der Waals surface area contributed by atoms with Crippen molar-refractivity contribution in [3.63, 3.8) is 0 Å². The second-order valence-electron chi connectivity index (χ2n) is 8.79. The molecule has 164 valence electrons. The van der Waals surface area contributed by atoms with Crippen molar-refractivity contribution in [2.45, 2.75) is 44.6 Å². The molecule has 1 amide bonds. The summed E-state index contributed by atoms with van der Waals surface area (Å²) < 4.78 is 5.28. The molecule has 2 aromatic rings. The number of hydrogen-bond acceptors (Lipinski definition) is 3. The number of carboxylic acids is 1. The minimum Gasteiger partial charge on any atom is -0.482 e. The molecular formula is C24H25Cl2NO4. The van der Waals surface area contributed by atoms with Gasteiger partial charge in [-0.2, -0.15) is 0 Å². The van der Waals surface area contributed by atoms with Gasteiger partial charge in [0.15, 0.2) is 6.61 Å². The van der Waals surface area contributed by atoms with Crippen LogP contribution in [-0.2, 0) is 9.59 Å². The molecule has 2 unspecified atom stereocenters. The normalized spacial score (nSPS) is 29.9. The number of carboxylic acid groups (broad SMARTS) is 1. The zero-order valence-electron chi connectivity index (χ0n) is 17.4. The SMILES string of the molecule is C[C@H]1NC(=O)[C@]2(C)CC[C@@H](c3ccc(OCC(=O)O)cc3Cl)C(c3ccc(Cl)cc3)C12. The van der Waals surface area contributed by atoms with E-state index in [4.69, 9.17) is 33.0 Å². The summed E-state index contributed by atoms with van der Waals surface area (Å²) in [5, 5.41) is 13.2. The van der Waals surface area contributed by atoms with Gasteiger partial charge in [-0.05, 0) is 67.0 Å². The molecule has 31 heavy (non-hydrogen) atoms. The first-order valence-electron chi connectivity index (χ1n) is 10.4. The van der Waals surface area contributed by atoms with Crippen LogP contribution in [0.2, 0.25) is 10.0 Å². The smallest absolute Gasteiger partial charge is 0.341 e. The van der Waals surface area contributed by atoms with E-state index in [-0.39, 0.29) is 29.7 Å². The van der Waals surface area contributed by atoms with Crippen LogP contribution >= 0.6 is 23.2 Å². The van der Waals surface area contributed by atoms with E-state index >= 15 is 0 Å². The molecule has 0 bridgehead atoms. The molecule has 0 radical (unpaired) electrons. The quantitative estimate of drug-likeness (QED) is 0.636. The molecular weight excluding hydrogens is 437 g/mol. The summed E-state index contributed by atoms with van der Waals surface area (Å²) in [6, 6.07) is 13.3. The van der Waals surface area contributed by atoms with Gasteiger partial charge in [-0.1, -0.05) is 48.3 Å². The van der Waals surface area contributed by atoms with Crippen molar-refractivity contribution >= 4 is 35.1 Å². The van der Waals surface area contributed by atoms with Crippen LogP contribution < -0.4 is 10.1 Å². The van der Waals surface area contributed by atoms with Gasteiger partial charge in [0.1, 0.15) is 5.75 Å². The maximum atomic E-state index is 12.8. The molecule has 1 saturated heterocycles. The molecule has 0 aromatic heterocycles. The third kappa shape index (κ3) is 4.01. The Morgan fingerprint density at radius 1 is 1.23 bits per heavy atom. The summed E-state index contributed by atoms with van der Waals surface area (Å²) in [6.07, 6.45) is 1.59. The predicted molar refractivity (Wildman–Crippen MR) is 120 cm³/mol. The molecule has 1 saturated carbocycles. The second kappa shape index (κ2) is 8.36. The molecule has 4 rings (SSSR count). The van der Waals surface area contributed by atoms with Gasteiger partial charge in [-0.15, -0.1) is 0 Å². The van der Waals surface area contributed by atoms with Gasteiger partial charge in [0.05, 0.1) is 5.41 Å². The standard InChI is InChI=1S/C24H25Cl2NO4/c1-13-22-21(14-3-5-15(25)6-4-14)18(9-10-24(22,2)23(30)27-13)17-8-7-16(11-19(17)26)31-12-20(28)29/h3-8,11,13,18,21-22H,9-10,12H2,1-2H3,(H,27,30)(H,28,29)/t13-,18+,21?,22?,24-/m1/s1. The number of ether oxygens (including phenoxy) is 1. The molecule has 2 N–H and O–H groups in total. The first kappa shape index (κ1) is 22.0. The number of nitrogens with one attached hydrogen (secondary N) is 1. The number of hydrogen-bond donors (Lipinski definition) is 2. The van der Waals surface area contributed by atoms with E-state index in [2.05, 4.69) is 19.2 Å². The van der Waals surface area contributed by atoms with Crippen LogP contribution in [0.25, 0.3) is 0 Å². The van der Waals surface area contributed by atoms with Crippen LogP contribution in [0.1, 0.15) is 49.7 Å². The minimum absolute atomic E-state index is 0.0397. The second-order valence-corrected chi connectivity index (χ2v) is 9.64. The van der Waals surface area contributed by atoms with Gasteiger partial charge in [-0.3, -0.25) is 4.79 Å². The van der Waals surface area contributed by atoms with E-state index in [1.54, 1.807) is 12.1 Å². The highest BCUT2D eigenvalue weighted by molar-refractivity contribution is 6.31. The Morgan fingerprint density at radius 2 is 1.94 bits per heavy atom. The van der Waals surface area contributed by atoms with Crippen molar-refractivity contribution in [1.29, 1.82) is 0 Å². The fourth-order valence-electron chi connectivity index (χ4n) is 5.55. The van der Waals surface area contributed by atoms with Gasteiger partial charge in [0, 0.05) is 22.0 Å². The highest BCUT2D eigenvalue weighted by atomic mass is 35.5. The van der Waals surface area contributed by atoms with Crippen LogP contribution in [0, 0.1) is 11.3 Å². The Balaban J connectivity index is 1.75. The number of aliphatic carboxylic acids is 1. The molecule has 5 atom stereocenters. The topological polar surface area (TPSA) is 75.6 Å². The molecule has 2 aliphatic rings. The average Bonchev–Trinajstić information content (AvgIpc) is 2.95. The first-order chi connectivity index (χ1) is 14.7. The maximum absolute atomic E-state index is 12.8. The van der Waals surface area contributed by atoms with E-state index in [0.29, 0.717) is 15.8 Å². The number of fused-ring (bicyclic) bond motifs is 1. The third-order valence-electron chi connectivity index (χ3n) is 6.94. The van der Waals surface area contributed by atoms with Crippen LogP contribution in [0.3, 0.4) is 0 Å². The Morgan fingerprint density at radius 3 is 2.58 bits per heavy atom. The van der Waals surface area contributed by atoms with Crippen molar-refractivity contribution in [2.24, 2.45) is 11.3 Å². The van der Waals surface area contributed by atoms with Crippen LogP contribution in [-0.4, -0.2) is 29.6 Å². The Bertz CT molecular complexity index is 1010. The van der Waals surface area contributed by atoms with E-state index in [1.165, 1.54) is 0 Å². The van der Waals surface area contributed by atoms with Crippen LogP contribution in [0.4, 0.5) is 0 Å². The van der Waals surface area contributed by atoms with Crippen molar-refractivity contribution in [3.8, 4) is 5.75 Å². The van der Waals surface area contributed by atoms with Gasteiger partial charge >= 0.3 is 5.97 Å². The Labute approximate surface area is 191 Å². The van der Waals surface area contributed by atoms with Crippen molar-refractivity contribution in [1.82, 2.24) is 5.32 Å². The van der Waals surface area contributed by atoms with Gasteiger partial charge in [0.2, 0.25) is 5.91 Å². The van der Waals surface area contributed by atoms with E-state index < -0.39 is 18.0 Å². The number of benzene rings is 2. The maximum Gasteiger partial charge on any atom is 0.341 e. The lowest BCUT2D eigenvalue weighted by Crippen LogP contribution is -2.42. The Hall–Kier alpha value is -2.24. The van der Waals surface area contributed by atoms with Gasteiger partial charge in [-0.25, -0.2) is 4.79 Å². The number of carbonyl (C=O) groups excluding carboxylic acids is 1.